The Bertz CT molecular complexity index is 452. The van der Waals surface area contributed by atoms with Gasteiger partial charge in [0.2, 0.25) is 0 Å². The molecule has 19 heavy (non-hydrogen) atoms. The van der Waals surface area contributed by atoms with Crippen molar-refractivity contribution >= 4 is 0 Å². The molecule has 1 aromatic rings. The minimum atomic E-state index is -4.55. The molecule has 0 spiro atoms. The number of rotatable bonds is 6. The van der Waals surface area contributed by atoms with Crippen molar-refractivity contribution in [2.24, 2.45) is 0 Å². The Labute approximate surface area is 109 Å². The summed E-state index contributed by atoms with van der Waals surface area (Å²) in [6, 6.07) is 4.89. The monoisotopic (exact) mass is 273 g/mol. The molecule has 0 aliphatic heterocycles. The summed E-state index contributed by atoms with van der Waals surface area (Å²) in [5.41, 5.74) is -0.996. The summed E-state index contributed by atoms with van der Waals surface area (Å²) >= 11 is 0. The predicted molar refractivity (Wildman–Crippen MR) is 62.8 cm³/mol. The smallest absolute Gasteiger partial charge is 0.420 e. The second-order valence-corrected chi connectivity index (χ2v) is 3.78. The Morgan fingerprint density at radius 3 is 2.53 bits per heavy atom. The first kappa shape index (κ1) is 15.3. The van der Waals surface area contributed by atoms with E-state index in [1.165, 1.54) is 6.07 Å². The van der Waals surface area contributed by atoms with Gasteiger partial charge in [-0.3, -0.25) is 0 Å². The molecule has 0 aromatic heterocycles. The number of hydrogen-bond donors (Lipinski definition) is 0. The van der Waals surface area contributed by atoms with E-state index in [4.69, 9.17) is 14.7 Å². The van der Waals surface area contributed by atoms with Gasteiger partial charge in [-0.15, -0.1) is 0 Å². The van der Waals surface area contributed by atoms with Gasteiger partial charge in [-0.1, -0.05) is 6.92 Å². The van der Waals surface area contributed by atoms with Gasteiger partial charge in [0, 0.05) is 6.61 Å². The molecule has 0 N–H and O–H groups in total. The quantitative estimate of drug-likeness (QED) is 0.746. The molecule has 104 valence electrons. The molecule has 0 atom stereocenters. The Balaban J connectivity index is 2.74. The molecule has 0 amide bonds. The van der Waals surface area contributed by atoms with Crippen LogP contribution in [-0.4, -0.2) is 19.8 Å². The van der Waals surface area contributed by atoms with E-state index in [1.807, 2.05) is 6.92 Å². The van der Waals surface area contributed by atoms with E-state index in [9.17, 15) is 13.2 Å². The molecule has 0 aliphatic rings. The molecule has 0 saturated heterocycles. The van der Waals surface area contributed by atoms with Crippen molar-refractivity contribution in [3.05, 3.63) is 29.3 Å². The van der Waals surface area contributed by atoms with Crippen LogP contribution in [0.3, 0.4) is 0 Å². The summed E-state index contributed by atoms with van der Waals surface area (Å²) in [6.45, 7) is 2.74. The summed E-state index contributed by atoms with van der Waals surface area (Å²) in [6.07, 6.45) is -3.71. The normalized spacial score (nSPS) is 11.1. The van der Waals surface area contributed by atoms with Crippen LogP contribution in [0.1, 0.15) is 24.5 Å². The molecule has 1 rings (SSSR count). The lowest BCUT2D eigenvalue weighted by Gasteiger charge is -2.14. The number of ether oxygens (including phenoxy) is 2. The maximum Gasteiger partial charge on any atom is 0.420 e. The molecule has 0 bridgehead atoms. The van der Waals surface area contributed by atoms with Crippen LogP contribution in [0, 0.1) is 11.3 Å². The minimum absolute atomic E-state index is 0.0367. The van der Waals surface area contributed by atoms with Gasteiger partial charge < -0.3 is 9.47 Å². The highest BCUT2D eigenvalue weighted by Crippen LogP contribution is 2.36. The van der Waals surface area contributed by atoms with Crippen LogP contribution in [0.4, 0.5) is 13.2 Å². The standard InChI is InChI=1S/C13H14F3NO2/c1-2-5-18-6-7-19-12-4-3-10(9-17)8-11(12)13(14,15)16/h3-4,8H,2,5-7H2,1H3. The molecule has 6 heteroatoms. The fourth-order valence-electron chi connectivity index (χ4n) is 1.40. The zero-order chi connectivity index (χ0) is 14.3. The van der Waals surface area contributed by atoms with Crippen LogP contribution in [0.15, 0.2) is 18.2 Å². The number of benzene rings is 1. The van der Waals surface area contributed by atoms with E-state index in [0.29, 0.717) is 6.61 Å². The lowest BCUT2D eigenvalue weighted by Crippen LogP contribution is -2.12. The average molecular weight is 273 g/mol. The maximum atomic E-state index is 12.8. The number of nitrogens with zero attached hydrogens (tertiary/aromatic N) is 1. The van der Waals surface area contributed by atoms with Crippen molar-refractivity contribution in [3.8, 4) is 11.8 Å². The Morgan fingerprint density at radius 2 is 1.95 bits per heavy atom. The van der Waals surface area contributed by atoms with Gasteiger partial charge in [0.25, 0.3) is 0 Å². The summed E-state index contributed by atoms with van der Waals surface area (Å²) in [5, 5.41) is 8.61. The van der Waals surface area contributed by atoms with E-state index in [-0.39, 0.29) is 24.5 Å². The average Bonchev–Trinajstić information content (AvgIpc) is 2.37. The lowest BCUT2D eigenvalue weighted by atomic mass is 10.1. The van der Waals surface area contributed by atoms with Gasteiger partial charge in [0.15, 0.2) is 0 Å². The van der Waals surface area contributed by atoms with Gasteiger partial charge in [0.1, 0.15) is 12.4 Å². The SMILES string of the molecule is CCCOCCOc1ccc(C#N)cc1C(F)(F)F. The van der Waals surface area contributed by atoms with Crippen molar-refractivity contribution in [1.29, 1.82) is 5.26 Å². The fourth-order valence-corrected chi connectivity index (χ4v) is 1.40. The third kappa shape index (κ3) is 4.79. The first-order chi connectivity index (χ1) is 8.99. The Kier molecular flexibility index (Phi) is 5.64. The van der Waals surface area contributed by atoms with Gasteiger partial charge in [0.05, 0.1) is 23.8 Å². The third-order valence-corrected chi connectivity index (χ3v) is 2.25. The lowest BCUT2D eigenvalue weighted by molar-refractivity contribution is -0.139. The van der Waals surface area contributed by atoms with Crippen molar-refractivity contribution in [2.45, 2.75) is 19.5 Å². The number of hydrogen-bond acceptors (Lipinski definition) is 3. The highest BCUT2D eigenvalue weighted by Gasteiger charge is 2.34. The van der Waals surface area contributed by atoms with Crippen molar-refractivity contribution in [1.82, 2.24) is 0 Å². The molecular formula is C13H14F3NO2. The van der Waals surface area contributed by atoms with Gasteiger partial charge in [-0.25, -0.2) is 0 Å². The summed E-state index contributed by atoms with van der Waals surface area (Å²) in [4.78, 5) is 0. The molecule has 0 fully saturated rings. The van der Waals surface area contributed by atoms with E-state index < -0.39 is 11.7 Å². The molecule has 0 aliphatic carbocycles. The fraction of sp³-hybridized carbons (Fsp3) is 0.462. The first-order valence-electron chi connectivity index (χ1n) is 5.81. The zero-order valence-corrected chi connectivity index (χ0v) is 10.5. The van der Waals surface area contributed by atoms with Crippen LogP contribution < -0.4 is 4.74 Å². The van der Waals surface area contributed by atoms with Crippen LogP contribution in [0.5, 0.6) is 5.75 Å². The van der Waals surface area contributed by atoms with Crippen molar-refractivity contribution in [3.63, 3.8) is 0 Å². The van der Waals surface area contributed by atoms with E-state index >= 15 is 0 Å². The second-order valence-electron chi connectivity index (χ2n) is 3.78. The van der Waals surface area contributed by atoms with Crippen LogP contribution in [0.25, 0.3) is 0 Å². The second kappa shape index (κ2) is 7.00. The van der Waals surface area contributed by atoms with E-state index in [2.05, 4.69) is 0 Å². The maximum absolute atomic E-state index is 12.8. The van der Waals surface area contributed by atoms with E-state index in [0.717, 1.165) is 18.6 Å². The zero-order valence-electron chi connectivity index (χ0n) is 10.5. The van der Waals surface area contributed by atoms with Crippen molar-refractivity contribution < 1.29 is 22.6 Å². The van der Waals surface area contributed by atoms with Gasteiger partial charge in [-0.05, 0) is 24.6 Å². The topological polar surface area (TPSA) is 42.2 Å². The van der Waals surface area contributed by atoms with E-state index in [1.54, 1.807) is 6.07 Å². The number of halogens is 3. The molecule has 0 saturated carbocycles. The van der Waals surface area contributed by atoms with Crippen molar-refractivity contribution in [2.75, 3.05) is 19.8 Å². The highest BCUT2D eigenvalue weighted by atomic mass is 19.4. The summed E-state index contributed by atoms with van der Waals surface area (Å²) in [5.74, 6) is -0.286. The Morgan fingerprint density at radius 1 is 1.21 bits per heavy atom. The van der Waals surface area contributed by atoms with Crippen LogP contribution in [-0.2, 0) is 10.9 Å². The Hall–Kier alpha value is -1.74. The third-order valence-electron chi connectivity index (χ3n) is 2.25. The molecule has 0 radical (unpaired) electrons. The van der Waals surface area contributed by atoms with Crippen LogP contribution >= 0.6 is 0 Å². The summed E-state index contributed by atoms with van der Waals surface area (Å²) < 4.78 is 48.5. The largest absolute Gasteiger partial charge is 0.491 e. The molecule has 3 nitrogen and oxygen atoms in total. The molecule has 0 unspecified atom stereocenters. The summed E-state index contributed by atoms with van der Waals surface area (Å²) in [7, 11) is 0. The predicted octanol–water partition coefficient (Wildman–Crippen LogP) is 3.38. The molecular weight excluding hydrogens is 259 g/mol. The van der Waals surface area contributed by atoms with Gasteiger partial charge >= 0.3 is 6.18 Å². The van der Waals surface area contributed by atoms with Gasteiger partial charge in [-0.2, -0.15) is 18.4 Å². The number of alkyl halides is 3. The molecule has 1 aromatic carbocycles. The highest BCUT2D eigenvalue weighted by molar-refractivity contribution is 5.43. The first-order valence-corrected chi connectivity index (χ1v) is 5.81. The molecule has 0 heterocycles. The minimum Gasteiger partial charge on any atom is -0.491 e. The number of nitriles is 1. The van der Waals surface area contributed by atoms with Crippen LogP contribution in [0.2, 0.25) is 0 Å².